The Morgan fingerprint density at radius 2 is 1.95 bits per heavy atom. The molecule has 4 N–H and O–H groups in total. The van der Waals surface area contributed by atoms with Crippen molar-refractivity contribution in [1.29, 1.82) is 0 Å². The van der Waals surface area contributed by atoms with Gasteiger partial charge in [0.1, 0.15) is 0 Å². The Morgan fingerprint density at radius 3 is 2.43 bits per heavy atom. The summed E-state index contributed by atoms with van der Waals surface area (Å²) in [7, 11) is 0. The van der Waals surface area contributed by atoms with Gasteiger partial charge in [0, 0.05) is 19.0 Å². The Bertz CT molecular complexity index is 409. The van der Waals surface area contributed by atoms with Gasteiger partial charge in [0.2, 0.25) is 17.7 Å². The monoisotopic (exact) mass is 298 g/mol. The van der Waals surface area contributed by atoms with Crippen molar-refractivity contribution in [3.8, 4) is 0 Å². The van der Waals surface area contributed by atoms with Gasteiger partial charge in [-0.05, 0) is 19.8 Å². The second-order valence-electron chi connectivity index (χ2n) is 6.10. The van der Waals surface area contributed by atoms with Crippen molar-refractivity contribution in [3.63, 3.8) is 0 Å². The van der Waals surface area contributed by atoms with E-state index in [1.165, 1.54) is 0 Å². The number of carbonyl (C=O) groups is 3. The summed E-state index contributed by atoms with van der Waals surface area (Å²) in [5.41, 5.74) is 5.68. The van der Waals surface area contributed by atoms with E-state index in [2.05, 4.69) is 10.6 Å². The molecule has 0 radical (unpaired) electrons. The fraction of sp³-hybridized carbons (Fsp3) is 0.786. The summed E-state index contributed by atoms with van der Waals surface area (Å²) in [4.78, 5) is 36.9. The second-order valence-corrected chi connectivity index (χ2v) is 6.10. The van der Waals surface area contributed by atoms with E-state index in [0.717, 1.165) is 0 Å². The van der Waals surface area contributed by atoms with Crippen LogP contribution >= 0.6 is 0 Å². The summed E-state index contributed by atoms with van der Waals surface area (Å²) in [6.07, 6.45) is 0.309. The van der Waals surface area contributed by atoms with E-state index in [0.29, 0.717) is 13.0 Å². The molecule has 3 amide bonds. The molecule has 120 valence electrons. The van der Waals surface area contributed by atoms with Crippen molar-refractivity contribution in [2.45, 2.75) is 52.2 Å². The highest BCUT2D eigenvalue weighted by atomic mass is 16.2. The molecule has 1 fully saturated rings. The van der Waals surface area contributed by atoms with Crippen LogP contribution in [0.3, 0.4) is 0 Å². The second kappa shape index (κ2) is 7.40. The fourth-order valence-corrected chi connectivity index (χ4v) is 2.19. The molecule has 0 aromatic heterocycles. The van der Waals surface area contributed by atoms with Gasteiger partial charge in [0.05, 0.1) is 18.6 Å². The van der Waals surface area contributed by atoms with E-state index in [-0.39, 0.29) is 42.3 Å². The number of rotatable bonds is 6. The predicted octanol–water partition coefficient (Wildman–Crippen LogP) is -0.789. The zero-order valence-corrected chi connectivity index (χ0v) is 13.2. The van der Waals surface area contributed by atoms with Crippen molar-refractivity contribution in [2.24, 2.45) is 11.7 Å². The largest absolute Gasteiger partial charge is 0.350 e. The third-order valence-corrected chi connectivity index (χ3v) is 3.59. The Kier molecular flexibility index (Phi) is 6.14. The van der Waals surface area contributed by atoms with Gasteiger partial charge in [0.15, 0.2) is 0 Å². The quantitative estimate of drug-likeness (QED) is 0.598. The molecule has 1 unspecified atom stereocenters. The lowest BCUT2D eigenvalue weighted by molar-refractivity contribution is -0.129. The number of carbonyl (C=O) groups excluding carboxylic acids is 3. The highest BCUT2D eigenvalue weighted by molar-refractivity contribution is 5.88. The zero-order chi connectivity index (χ0) is 16.2. The van der Waals surface area contributed by atoms with E-state index < -0.39 is 6.04 Å². The van der Waals surface area contributed by atoms with E-state index in [1.54, 1.807) is 4.90 Å². The molecule has 7 nitrogen and oxygen atoms in total. The molecule has 1 aliphatic rings. The number of nitrogens with one attached hydrogen (secondary N) is 2. The minimum absolute atomic E-state index is 0.0140. The van der Waals surface area contributed by atoms with Crippen LogP contribution in [0, 0.1) is 5.92 Å². The molecular weight excluding hydrogens is 272 g/mol. The van der Waals surface area contributed by atoms with Gasteiger partial charge in [0.25, 0.3) is 0 Å². The van der Waals surface area contributed by atoms with Crippen LogP contribution in [-0.2, 0) is 14.4 Å². The first-order valence-corrected chi connectivity index (χ1v) is 7.34. The maximum absolute atomic E-state index is 11.8. The summed E-state index contributed by atoms with van der Waals surface area (Å²) in [5, 5.41) is 5.27. The summed E-state index contributed by atoms with van der Waals surface area (Å²) in [5.74, 6) is -0.588. The van der Waals surface area contributed by atoms with Crippen LogP contribution in [0.4, 0.5) is 0 Å². The minimum Gasteiger partial charge on any atom is -0.350 e. The average Bonchev–Trinajstić information content (AvgIpc) is 2.75. The number of hydrogen-bond acceptors (Lipinski definition) is 4. The molecular formula is C14H26N4O3. The topological polar surface area (TPSA) is 105 Å². The van der Waals surface area contributed by atoms with E-state index in [9.17, 15) is 14.4 Å². The molecule has 0 aromatic carbocycles. The molecule has 0 aliphatic carbocycles. The van der Waals surface area contributed by atoms with Gasteiger partial charge >= 0.3 is 0 Å². The summed E-state index contributed by atoms with van der Waals surface area (Å²) >= 11 is 0. The van der Waals surface area contributed by atoms with Crippen LogP contribution in [0.25, 0.3) is 0 Å². The molecule has 1 aliphatic heterocycles. The zero-order valence-electron chi connectivity index (χ0n) is 13.2. The number of hydrogen-bond donors (Lipinski definition) is 3. The molecule has 1 heterocycles. The van der Waals surface area contributed by atoms with Gasteiger partial charge in [-0.2, -0.15) is 0 Å². The molecule has 7 heteroatoms. The van der Waals surface area contributed by atoms with Gasteiger partial charge in [-0.1, -0.05) is 13.8 Å². The van der Waals surface area contributed by atoms with Gasteiger partial charge in [-0.25, -0.2) is 0 Å². The Hall–Kier alpha value is -1.63. The highest BCUT2D eigenvalue weighted by Crippen LogP contribution is 2.13. The van der Waals surface area contributed by atoms with Crippen LogP contribution < -0.4 is 16.4 Å². The SMILES string of the molecule is CC(C)[C@H](N)C(=O)NCC(=O)NC1CC(=O)N(C(C)C)C1. The Labute approximate surface area is 125 Å². The number of likely N-dealkylation sites (tertiary alicyclic amines) is 1. The molecule has 0 saturated carbocycles. The van der Waals surface area contributed by atoms with Gasteiger partial charge < -0.3 is 21.3 Å². The Balaban J connectivity index is 2.35. The third-order valence-electron chi connectivity index (χ3n) is 3.59. The molecule has 2 atom stereocenters. The van der Waals surface area contributed by atoms with Crippen LogP contribution in [0.15, 0.2) is 0 Å². The fourth-order valence-electron chi connectivity index (χ4n) is 2.19. The van der Waals surface area contributed by atoms with Crippen molar-refractivity contribution < 1.29 is 14.4 Å². The van der Waals surface area contributed by atoms with Crippen LogP contribution in [0.1, 0.15) is 34.1 Å². The maximum atomic E-state index is 11.8. The normalized spacial score (nSPS) is 20.0. The van der Waals surface area contributed by atoms with Crippen LogP contribution in [0.2, 0.25) is 0 Å². The summed E-state index contributed by atoms with van der Waals surface area (Å²) in [6.45, 7) is 7.96. The van der Waals surface area contributed by atoms with Gasteiger partial charge in [-0.15, -0.1) is 0 Å². The summed E-state index contributed by atoms with van der Waals surface area (Å²) in [6, 6.07) is -0.687. The first kappa shape index (κ1) is 17.4. The number of nitrogens with zero attached hydrogens (tertiary/aromatic N) is 1. The van der Waals surface area contributed by atoms with Crippen molar-refractivity contribution in [1.82, 2.24) is 15.5 Å². The van der Waals surface area contributed by atoms with Gasteiger partial charge in [-0.3, -0.25) is 14.4 Å². The lowest BCUT2D eigenvalue weighted by atomic mass is 10.1. The maximum Gasteiger partial charge on any atom is 0.239 e. The first-order chi connectivity index (χ1) is 9.72. The molecule has 21 heavy (non-hydrogen) atoms. The van der Waals surface area contributed by atoms with E-state index in [1.807, 2.05) is 27.7 Å². The molecule has 0 aromatic rings. The lowest BCUT2D eigenvalue weighted by Gasteiger charge is -2.21. The lowest BCUT2D eigenvalue weighted by Crippen LogP contribution is -2.48. The number of amides is 3. The first-order valence-electron chi connectivity index (χ1n) is 7.34. The summed E-state index contributed by atoms with van der Waals surface area (Å²) < 4.78 is 0. The smallest absolute Gasteiger partial charge is 0.239 e. The molecule has 0 bridgehead atoms. The third kappa shape index (κ3) is 5.00. The Morgan fingerprint density at radius 1 is 1.33 bits per heavy atom. The number of nitrogens with two attached hydrogens (primary N) is 1. The van der Waals surface area contributed by atoms with E-state index in [4.69, 9.17) is 5.73 Å². The van der Waals surface area contributed by atoms with Crippen molar-refractivity contribution in [2.75, 3.05) is 13.1 Å². The molecule has 1 saturated heterocycles. The minimum atomic E-state index is -0.623. The van der Waals surface area contributed by atoms with Crippen LogP contribution in [-0.4, -0.2) is 53.8 Å². The van der Waals surface area contributed by atoms with Crippen LogP contribution in [0.5, 0.6) is 0 Å². The van der Waals surface area contributed by atoms with Crippen molar-refractivity contribution >= 4 is 17.7 Å². The average molecular weight is 298 g/mol. The molecule has 0 spiro atoms. The standard InChI is InChI=1S/C14H26N4O3/c1-8(2)13(15)14(21)16-6-11(19)17-10-5-12(20)18(7-10)9(3)4/h8-10,13H,5-7,15H2,1-4H3,(H,16,21)(H,17,19)/t10?,13-/m0/s1. The van der Waals surface area contributed by atoms with E-state index >= 15 is 0 Å². The molecule has 1 rings (SSSR count). The van der Waals surface area contributed by atoms with Crippen molar-refractivity contribution in [3.05, 3.63) is 0 Å². The highest BCUT2D eigenvalue weighted by Gasteiger charge is 2.31. The predicted molar refractivity (Wildman–Crippen MR) is 79.2 cm³/mol.